The molecule has 0 aliphatic heterocycles. The Kier molecular flexibility index (Phi) is 10.1. The number of aromatic nitrogens is 2. The Bertz CT molecular complexity index is 1760. The molecule has 1 amide bonds. The first-order chi connectivity index (χ1) is 21.6. The van der Waals surface area contributed by atoms with Crippen molar-refractivity contribution in [2.75, 3.05) is 11.9 Å². The van der Waals surface area contributed by atoms with Crippen molar-refractivity contribution in [2.45, 2.75) is 91.0 Å². The number of carbonyl (C=O) groups is 1. The van der Waals surface area contributed by atoms with Crippen molar-refractivity contribution in [1.29, 1.82) is 10.5 Å². The highest BCUT2D eigenvalue weighted by Crippen LogP contribution is 2.35. The first-order valence-electron chi connectivity index (χ1n) is 15.5. The van der Waals surface area contributed by atoms with Crippen LogP contribution in [0, 0.1) is 28.6 Å². The number of hydrogen-bond acceptors (Lipinski definition) is 9. The molecule has 1 aliphatic rings. The number of fused-ring (bicyclic) bond motifs is 1. The number of aryl methyl sites for hydroxylation is 1. The summed E-state index contributed by atoms with van der Waals surface area (Å²) < 4.78 is 6.75. The van der Waals surface area contributed by atoms with Crippen LogP contribution in [0.4, 0.5) is 10.5 Å². The summed E-state index contributed by atoms with van der Waals surface area (Å²) in [4.78, 5) is 37.7. The number of amides is 1. The van der Waals surface area contributed by atoms with Gasteiger partial charge in [-0.25, -0.2) is 9.78 Å². The van der Waals surface area contributed by atoms with Crippen molar-refractivity contribution in [1.82, 2.24) is 14.9 Å². The first kappa shape index (κ1) is 34.0. The molecule has 0 radical (unpaired) electrons. The Balaban J connectivity index is 1.56. The number of oxime groups is 1. The molecule has 0 unspecified atom stereocenters. The van der Waals surface area contributed by atoms with Gasteiger partial charge >= 0.3 is 6.09 Å². The largest absolute Gasteiger partial charge is 0.444 e. The van der Waals surface area contributed by atoms with Crippen molar-refractivity contribution in [2.24, 2.45) is 18.1 Å². The van der Waals surface area contributed by atoms with E-state index in [2.05, 4.69) is 27.6 Å². The summed E-state index contributed by atoms with van der Waals surface area (Å²) in [6.45, 7) is 11.7. The summed E-state index contributed by atoms with van der Waals surface area (Å²) >= 11 is 0. The minimum absolute atomic E-state index is 0.0179. The molecule has 1 saturated carbocycles. The van der Waals surface area contributed by atoms with E-state index in [-0.39, 0.29) is 23.2 Å². The molecular formula is C35H43N7O4. The lowest BCUT2D eigenvalue weighted by molar-refractivity contribution is -0.0000353. The van der Waals surface area contributed by atoms with E-state index in [9.17, 15) is 20.1 Å². The van der Waals surface area contributed by atoms with Crippen molar-refractivity contribution in [3.8, 4) is 12.1 Å². The lowest BCUT2D eigenvalue weighted by Gasteiger charge is -2.37. The lowest BCUT2D eigenvalue weighted by Crippen LogP contribution is -2.39. The zero-order chi connectivity index (χ0) is 33.8. The second kappa shape index (κ2) is 13.6. The molecule has 1 aromatic carbocycles. The Morgan fingerprint density at radius 2 is 1.67 bits per heavy atom. The van der Waals surface area contributed by atoms with Crippen LogP contribution in [0.2, 0.25) is 0 Å². The van der Waals surface area contributed by atoms with Gasteiger partial charge in [-0.05, 0) is 90.5 Å². The predicted octanol–water partition coefficient (Wildman–Crippen LogP) is 5.92. The zero-order valence-corrected chi connectivity index (χ0v) is 28.0. The van der Waals surface area contributed by atoms with E-state index in [4.69, 9.17) is 9.57 Å². The summed E-state index contributed by atoms with van der Waals surface area (Å²) in [5.41, 5.74) is 3.03. The number of ether oxygens (including phenoxy) is 1. The molecule has 1 aliphatic carbocycles. The maximum atomic E-state index is 13.1. The van der Waals surface area contributed by atoms with Crippen molar-refractivity contribution < 1.29 is 14.4 Å². The number of carbonyl (C=O) groups excluding carboxylic acids is 1. The highest BCUT2D eigenvalue weighted by Gasteiger charge is 2.31. The average Bonchev–Trinajstić information content (AvgIpc) is 3.00. The van der Waals surface area contributed by atoms with Crippen molar-refractivity contribution in [3.05, 3.63) is 69.1 Å². The quantitative estimate of drug-likeness (QED) is 0.252. The van der Waals surface area contributed by atoms with E-state index < -0.39 is 22.9 Å². The van der Waals surface area contributed by atoms with Crippen LogP contribution in [0.25, 0.3) is 11.0 Å². The van der Waals surface area contributed by atoms with Gasteiger partial charge in [0.1, 0.15) is 40.1 Å². The van der Waals surface area contributed by atoms with Gasteiger partial charge < -0.3 is 24.4 Å². The van der Waals surface area contributed by atoms with Gasteiger partial charge in [0, 0.05) is 32.6 Å². The molecule has 0 spiro atoms. The molecule has 3 aromatic rings. The molecule has 4 rings (SSSR count). The molecule has 46 heavy (non-hydrogen) atoms. The predicted molar refractivity (Wildman–Crippen MR) is 177 cm³/mol. The zero-order valence-electron chi connectivity index (χ0n) is 28.0. The Morgan fingerprint density at radius 3 is 2.24 bits per heavy atom. The maximum Gasteiger partial charge on any atom is 0.407 e. The molecule has 242 valence electrons. The summed E-state index contributed by atoms with van der Waals surface area (Å²) in [6.07, 6.45) is 2.72. The van der Waals surface area contributed by atoms with Gasteiger partial charge in [0.2, 0.25) is 0 Å². The van der Waals surface area contributed by atoms with Crippen LogP contribution in [0.3, 0.4) is 0 Å². The summed E-state index contributed by atoms with van der Waals surface area (Å²) in [7, 11) is 3.50. The number of pyridine rings is 2. The molecule has 11 heteroatoms. The second-order valence-electron chi connectivity index (χ2n) is 13.7. The number of nitrogens with one attached hydrogen (secondary N) is 1. The highest BCUT2D eigenvalue weighted by molar-refractivity contribution is 6.02. The fraction of sp³-hybridized carbons (Fsp3) is 0.486. The van der Waals surface area contributed by atoms with Gasteiger partial charge in [-0.15, -0.1) is 0 Å². The third kappa shape index (κ3) is 8.02. The number of rotatable bonds is 7. The maximum absolute atomic E-state index is 13.1. The second-order valence-corrected chi connectivity index (χ2v) is 13.7. The number of nitrogens with zero attached hydrogens (tertiary/aromatic N) is 6. The number of alkyl carbamates (subject to hydrolysis) is 1. The Hall–Kier alpha value is -4.90. The molecule has 2 aromatic heterocycles. The molecule has 0 saturated heterocycles. The molecule has 0 bridgehead atoms. The third-order valence-corrected chi connectivity index (χ3v) is 7.93. The first-order valence-corrected chi connectivity index (χ1v) is 15.5. The van der Waals surface area contributed by atoms with Crippen LogP contribution in [0.1, 0.15) is 89.6 Å². The van der Waals surface area contributed by atoms with E-state index in [1.807, 2.05) is 77.8 Å². The summed E-state index contributed by atoms with van der Waals surface area (Å²) in [6, 6.07) is 15.4. The number of hydrogen-bond donors (Lipinski definition) is 1. The summed E-state index contributed by atoms with van der Waals surface area (Å²) in [5.74, 6) is 0.122. The van der Waals surface area contributed by atoms with Gasteiger partial charge in [0.25, 0.3) is 5.56 Å². The highest BCUT2D eigenvalue weighted by atomic mass is 16.6. The van der Waals surface area contributed by atoms with E-state index in [1.165, 1.54) is 4.57 Å². The lowest BCUT2D eigenvalue weighted by atomic mass is 9.80. The molecular weight excluding hydrogens is 582 g/mol. The number of nitriles is 2. The van der Waals surface area contributed by atoms with Gasteiger partial charge in [-0.2, -0.15) is 10.5 Å². The topological polar surface area (TPSA) is 146 Å². The van der Waals surface area contributed by atoms with Gasteiger partial charge in [-0.1, -0.05) is 29.4 Å². The number of benzene rings is 1. The minimum Gasteiger partial charge on any atom is -0.444 e. The summed E-state index contributed by atoms with van der Waals surface area (Å²) in [5, 5.41) is 26.9. The monoisotopic (exact) mass is 625 g/mol. The van der Waals surface area contributed by atoms with Crippen molar-refractivity contribution in [3.63, 3.8) is 0 Å². The van der Waals surface area contributed by atoms with Gasteiger partial charge in [0.05, 0.1) is 16.9 Å². The third-order valence-electron chi connectivity index (χ3n) is 7.93. The molecule has 11 nitrogen and oxygen atoms in total. The van der Waals surface area contributed by atoms with Crippen LogP contribution in [0.15, 0.2) is 46.3 Å². The van der Waals surface area contributed by atoms with Gasteiger partial charge in [-0.3, -0.25) is 4.79 Å². The van der Waals surface area contributed by atoms with E-state index >= 15 is 0 Å². The van der Waals surface area contributed by atoms with Crippen LogP contribution in [-0.2, 0) is 23.2 Å². The normalized spacial score (nSPS) is 17.1. The van der Waals surface area contributed by atoms with Crippen LogP contribution in [0.5, 0.6) is 0 Å². The molecule has 1 N–H and O–H groups in total. The fourth-order valence-corrected chi connectivity index (χ4v) is 5.65. The van der Waals surface area contributed by atoms with Gasteiger partial charge in [0.15, 0.2) is 0 Å². The standard InChI is InChI=1S/C35H43N7O4/c1-34(2,3)45-33(44)38-21-22-9-11-23(12-10-22)29(40-46-35(4,5)6)24-13-16-26(17-14-24)41(7)31-27(20-37)32(43)42(8)28-18-15-25(19-36)39-30(28)31/h9-12,15,18,24,26H,13-14,16-17,21H2,1-8H3,(H,38,44)/b40-29+/t24-,26+. The SMILES string of the molecule is Cn1c(=O)c(C#N)c(N(C)[C@H]2CC[C@@H](/C(=N/OC(C)(C)C)c3ccc(CNC(=O)OC(C)(C)C)cc3)CC2)c2nc(C#N)ccc21. The van der Waals surface area contributed by atoms with E-state index in [0.717, 1.165) is 42.5 Å². The van der Waals surface area contributed by atoms with E-state index in [1.54, 1.807) is 19.2 Å². The van der Waals surface area contributed by atoms with Crippen molar-refractivity contribution >= 4 is 28.5 Å². The Labute approximate surface area is 270 Å². The van der Waals surface area contributed by atoms with Crippen LogP contribution < -0.4 is 15.8 Å². The molecule has 2 heterocycles. The molecule has 1 fully saturated rings. The van der Waals surface area contributed by atoms with E-state index in [0.29, 0.717) is 23.3 Å². The molecule has 0 atom stereocenters. The smallest absolute Gasteiger partial charge is 0.407 e. The van der Waals surface area contributed by atoms with Crippen LogP contribution in [-0.4, -0.2) is 45.6 Å². The minimum atomic E-state index is -0.567. The average molecular weight is 626 g/mol. The number of anilines is 1. The fourth-order valence-electron chi connectivity index (χ4n) is 5.65. The van der Waals surface area contributed by atoms with Crippen LogP contribution >= 0.6 is 0 Å². The Morgan fingerprint density at radius 1 is 1.02 bits per heavy atom.